The Kier molecular flexibility index (Phi) is 4.63. The molecule has 2 aromatic rings. The summed E-state index contributed by atoms with van der Waals surface area (Å²) in [5.41, 5.74) is 1.60. The van der Waals surface area contributed by atoms with Crippen LogP contribution < -0.4 is 4.74 Å². The highest BCUT2D eigenvalue weighted by atomic mass is 32.1. The zero-order chi connectivity index (χ0) is 16.3. The minimum absolute atomic E-state index is 0.0360. The summed E-state index contributed by atoms with van der Waals surface area (Å²) in [6.07, 6.45) is 1.66. The van der Waals surface area contributed by atoms with Crippen molar-refractivity contribution in [1.29, 1.82) is 0 Å². The number of carboxylic acid groups (broad SMARTS) is 1. The summed E-state index contributed by atoms with van der Waals surface area (Å²) >= 11 is 1.54. The van der Waals surface area contributed by atoms with Crippen LogP contribution in [0.1, 0.15) is 29.1 Å². The van der Waals surface area contributed by atoms with Gasteiger partial charge in [-0.25, -0.2) is 4.98 Å². The quantitative estimate of drug-likeness (QED) is 0.911. The number of aromatic nitrogens is 1. The largest absolute Gasteiger partial charge is 0.497 e. The van der Waals surface area contributed by atoms with Crippen LogP contribution in [0.15, 0.2) is 29.6 Å². The third kappa shape index (κ3) is 3.23. The number of rotatable bonds is 5. The molecule has 0 atom stereocenters. The number of nitrogens with zero attached hydrogens (tertiary/aromatic N) is 1. The standard InChI is InChI=1S/C17H19NO4S/c1-21-14-4-2-12(3-5-14)17(6-8-22-9-7-17)16-18-13(11-23-16)10-15(19)20/h2-5,11H,6-10H2,1H3,(H,19,20). The smallest absolute Gasteiger partial charge is 0.309 e. The lowest BCUT2D eigenvalue weighted by Crippen LogP contribution is -2.35. The molecule has 3 rings (SSSR count). The lowest BCUT2D eigenvalue weighted by molar-refractivity contribution is -0.136. The number of hydrogen-bond donors (Lipinski definition) is 1. The van der Waals surface area contributed by atoms with Gasteiger partial charge in [-0.2, -0.15) is 0 Å². The highest BCUT2D eigenvalue weighted by molar-refractivity contribution is 7.09. The van der Waals surface area contributed by atoms with Crippen molar-refractivity contribution in [2.45, 2.75) is 24.7 Å². The van der Waals surface area contributed by atoms with Crippen molar-refractivity contribution in [3.05, 3.63) is 45.9 Å². The minimum atomic E-state index is -0.854. The molecule has 6 heteroatoms. The minimum Gasteiger partial charge on any atom is -0.497 e. The third-order valence-corrected chi connectivity index (χ3v) is 5.38. The van der Waals surface area contributed by atoms with Crippen LogP contribution in [0.25, 0.3) is 0 Å². The van der Waals surface area contributed by atoms with E-state index < -0.39 is 5.97 Å². The number of methoxy groups -OCH3 is 1. The summed E-state index contributed by atoms with van der Waals surface area (Å²) in [7, 11) is 1.65. The summed E-state index contributed by atoms with van der Waals surface area (Å²) in [6, 6.07) is 8.06. The van der Waals surface area contributed by atoms with E-state index in [1.165, 1.54) is 5.56 Å². The molecule has 1 aromatic heterocycles. The fourth-order valence-corrected chi connectivity index (χ4v) is 4.12. The van der Waals surface area contributed by atoms with E-state index in [1.54, 1.807) is 18.4 Å². The van der Waals surface area contributed by atoms with Gasteiger partial charge >= 0.3 is 5.97 Å². The van der Waals surface area contributed by atoms with Gasteiger partial charge in [0.15, 0.2) is 0 Å². The second kappa shape index (κ2) is 6.68. The van der Waals surface area contributed by atoms with Gasteiger partial charge in [-0.05, 0) is 30.5 Å². The molecule has 0 radical (unpaired) electrons. The molecule has 2 heterocycles. The Morgan fingerprint density at radius 3 is 2.65 bits per heavy atom. The van der Waals surface area contributed by atoms with E-state index in [1.807, 2.05) is 17.5 Å². The molecule has 0 aliphatic carbocycles. The summed E-state index contributed by atoms with van der Waals surface area (Å²) in [4.78, 5) is 15.5. The van der Waals surface area contributed by atoms with Gasteiger partial charge in [-0.1, -0.05) is 12.1 Å². The van der Waals surface area contributed by atoms with Gasteiger partial charge in [0.2, 0.25) is 0 Å². The molecule has 1 aromatic carbocycles. The second-order valence-electron chi connectivity index (χ2n) is 5.64. The van der Waals surface area contributed by atoms with Crippen LogP contribution in [0, 0.1) is 0 Å². The molecule has 0 unspecified atom stereocenters. The highest BCUT2D eigenvalue weighted by Crippen LogP contribution is 2.43. The number of ether oxygens (including phenoxy) is 2. The zero-order valence-corrected chi connectivity index (χ0v) is 13.8. The van der Waals surface area contributed by atoms with Crippen LogP contribution in [0.2, 0.25) is 0 Å². The van der Waals surface area contributed by atoms with E-state index in [9.17, 15) is 4.79 Å². The number of carboxylic acids is 1. The van der Waals surface area contributed by atoms with Crippen molar-refractivity contribution >= 4 is 17.3 Å². The predicted octanol–water partition coefficient (Wildman–Crippen LogP) is 2.88. The van der Waals surface area contributed by atoms with Crippen LogP contribution in [0.5, 0.6) is 5.75 Å². The monoisotopic (exact) mass is 333 g/mol. The molecular formula is C17H19NO4S. The Morgan fingerprint density at radius 2 is 2.04 bits per heavy atom. The van der Waals surface area contributed by atoms with Crippen LogP contribution in [-0.2, 0) is 21.4 Å². The van der Waals surface area contributed by atoms with Crippen molar-refractivity contribution in [2.75, 3.05) is 20.3 Å². The molecule has 0 saturated carbocycles. The van der Waals surface area contributed by atoms with Crippen molar-refractivity contribution < 1.29 is 19.4 Å². The van der Waals surface area contributed by atoms with Gasteiger partial charge in [0.25, 0.3) is 0 Å². The molecule has 1 saturated heterocycles. The van der Waals surface area contributed by atoms with E-state index in [0.29, 0.717) is 18.9 Å². The average molecular weight is 333 g/mol. The van der Waals surface area contributed by atoms with E-state index >= 15 is 0 Å². The molecule has 1 aliphatic heterocycles. The molecular weight excluding hydrogens is 314 g/mol. The second-order valence-corrected chi connectivity index (χ2v) is 6.50. The number of hydrogen-bond acceptors (Lipinski definition) is 5. The van der Waals surface area contributed by atoms with Crippen molar-refractivity contribution in [2.24, 2.45) is 0 Å². The fourth-order valence-electron chi connectivity index (χ4n) is 3.02. The Balaban J connectivity index is 1.98. The summed E-state index contributed by atoms with van der Waals surface area (Å²) in [5.74, 6) is -0.0333. The first kappa shape index (κ1) is 16.0. The van der Waals surface area contributed by atoms with Crippen LogP contribution >= 0.6 is 11.3 Å². The van der Waals surface area contributed by atoms with Gasteiger partial charge < -0.3 is 14.6 Å². The number of thiazole rings is 1. The van der Waals surface area contributed by atoms with Gasteiger partial charge in [0, 0.05) is 18.6 Å². The van der Waals surface area contributed by atoms with Crippen molar-refractivity contribution in [3.63, 3.8) is 0 Å². The van der Waals surface area contributed by atoms with E-state index in [-0.39, 0.29) is 11.8 Å². The molecule has 5 nitrogen and oxygen atoms in total. The summed E-state index contributed by atoms with van der Waals surface area (Å²) < 4.78 is 10.8. The highest BCUT2D eigenvalue weighted by Gasteiger charge is 2.39. The van der Waals surface area contributed by atoms with E-state index in [2.05, 4.69) is 17.1 Å². The summed E-state index contributed by atoms with van der Waals surface area (Å²) in [6.45, 7) is 1.36. The van der Waals surface area contributed by atoms with Crippen LogP contribution in [-0.4, -0.2) is 36.4 Å². The molecule has 1 fully saturated rings. The Bertz CT molecular complexity index is 674. The van der Waals surface area contributed by atoms with Gasteiger partial charge in [0.05, 0.1) is 24.6 Å². The maximum Gasteiger partial charge on any atom is 0.309 e. The first-order chi connectivity index (χ1) is 11.1. The fraction of sp³-hybridized carbons (Fsp3) is 0.412. The molecule has 23 heavy (non-hydrogen) atoms. The van der Waals surface area contributed by atoms with Gasteiger partial charge in [-0.15, -0.1) is 11.3 Å². The Hall–Kier alpha value is -1.92. The molecule has 0 spiro atoms. The van der Waals surface area contributed by atoms with Crippen LogP contribution in [0.4, 0.5) is 0 Å². The van der Waals surface area contributed by atoms with Crippen LogP contribution in [0.3, 0.4) is 0 Å². The lowest BCUT2D eigenvalue weighted by Gasteiger charge is -2.36. The predicted molar refractivity (Wildman–Crippen MR) is 87.3 cm³/mol. The number of carbonyl (C=O) groups is 1. The normalized spacial score (nSPS) is 16.9. The zero-order valence-electron chi connectivity index (χ0n) is 12.9. The van der Waals surface area contributed by atoms with Gasteiger partial charge in [0.1, 0.15) is 10.8 Å². The molecule has 0 amide bonds. The molecule has 122 valence electrons. The van der Waals surface area contributed by atoms with E-state index in [4.69, 9.17) is 14.6 Å². The van der Waals surface area contributed by atoms with Crippen molar-refractivity contribution in [1.82, 2.24) is 4.98 Å². The maximum atomic E-state index is 10.9. The molecule has 1 N–H and O–H groups in total. The Labute approximate surface area is 138 Å². The Morgan fingerprint density at radius 1 is 1.35 bits per heavy atom. The first-order valence-corrected chi connectivity index (χ1v) is 8.41. The maximum absolute atomic E-state index is 10.9. The molecule has 0 bridgehead atoms. The van der Waals surface area contributed by atoms with E-state index in [0.717, 1.165) is 23.6 Å². The molecule has 1 aliphatic rings. The topological polar surface area (TPSA) is 68.7 Å². The number of aliphatic carboxylic acids is 1. The first-order valence-electron chi connectivity index (χ1n) is 7.53. The third-order valence-electron chi connectivity index (χ3n) is 4.28. The lowest BCUT2D eigenvalue weighted by atomic mass is 9.74. The summed E-state index contributed by atoms with van der Waals surface area (Å²) in [5, 5.41) is 11.8. The van der Waals surface area contributed by atoms with Crippen molar-refractivity contribution in [3.8, 4) is 5.75 Å². The number of benzene rings is 1. The van der Waals surface area contributed by atoms with Gasteiger partial charge in [-0.3, -0.25) is 4.79 Å². The SMILES string of the molecule is COc1ccc(C2(c3nc(CC(=O)O)cs3)CCOCC2)cc1. The average Bonchev–Trinajstić information content (AvgIpc) is 3.04.